The average molecular weight is 449 g/mol. The summed E-state index contributed by atoms with van der Waals surface area (Å²) < 4.78 is 36.9. The molecule has 1 N–H and O–H groups in total. The van der Waals surface area contributed by atoms with Crippen LogP contribution in [0.3, 0.4) is 0 Å². The van der Waals surface area contributed by atoms with E-state index in [-0.39, 0.29) is 94.4 Å². The maximum Gasteiger partial charge on any atom is 1.00 e. The van der Waals surface area contributed by atoms with Gasteiger partial charge in [0.1, 0.15) is 12.7 Å². The fourth-order valence-corrected chi connectivity index (χ4v) is 3.56. The molecule has 0 unspecified atom stereocenters. The first-order chi connectivity index (χ1) is 11.6. The minimum absolute atomic E-state index is 0. The third kappa shape index (κ3) is 13.8. The first-order valence-electron chi connectivity index (χ1n) is 8.73. The topological polar surface area (TPSA) is 120 Å². The smallest absolute Gasteiger partial charge is 0.870 e. The van der Waals surface area contributed by atoms with E-state index in [9.17, 15) is 18.0 Å². The second-order valence-corrected chi connectivity index (χ2v) is 10.5. The molecule has 0 aliphatic heterocycles. The van der Waals surface area contributed by atoms with Gasteiger partial charge in [-0.3, -0.25) is 11.1 Å². The Kier molecular flexibility index (Phi) is 16.4. The van der Waals surface area contributed by atoms with E-state index in [2.05, 4.69) is 0 Å². The van der Waals surface area contributed by atoms with Gasteiger partial charge in [-0.15, -0.1) is 6.42 Å². The van der Waals surface area contributed by atoms with Crippen LogP contribution in [0.1, 0.15) is 61.3 Å². The maximum atomic E-state index is 12.2. The van der Waals surface area contributed by atoms with Crippen LogP contribution >= 0.6 is 0 Å². The number of hydrogen-bond donors (Lipinski definition) is 0. The molecular formula is C18H35KNO7S-. The molecule has 0 radical (unpaired) electrons. The van der Waals surface area contributed by atoms with Gasteiger partial charge >= 0.3 is 57.4 Å². The van der Waals surface area contributed by atoms with E-state index in [1.165, 1.54) is 4.31 Å². The normalized spacial score (nSPS) is 14.5. The summed E-state index contributed by atoms with van der Waals surface area (Å²) in [5.74, 6) is -0.535. The molecule has 8 nitrogen and oxygen atoms in total. The van der Waals surface area contributed by atoms with E-state index < -0.39 is 27.6 Å². The van der Waals surface area contributed by atoms with Crippen LogP contribution in [0.2, 0.25) is 0 Å². The zero-order chi connectivity index (χ0) is 20.8. The van der Waals surface area contributed by atoms with Crippen molar-refractivity contribution in [3.05, 3.63) is 0 Å². The predicted molar refractivity (Wildman–Crippen MR) is 103 cm³/mol. The molecule has 0 bridgehead atoms. The van der Waals surface area contributed by atoms with Crippen LogP contribution in [0.25, 0.3) is 0 Å². The molecule has 0 spiro atoms. The number of nitrogens with zero attached hydrogens (tertiary/aromatic N) is 1. The SMILES string of the molecule is C[C@H](O[C@H](COC(=O)CC[C-]=O)CN(C(C)(C)C)S(C)(=O)=O)C(C)(C)C.[K+].[OH-]. The Balaban J connectivity index is -0.00000312. The van der Waals surface area contributed by atoms with Crippen molar-refractivity contribution in [2.75, 3.05) is 19.4 Å². The Morgan fingerprint density at radius 1 is 1.14 bits per heavy atom. The van der Waals surface area contributed by atoms with Crippen LogP contribution in [-0.4, -0.2) is 67.6 Å². The number of carbonyl (C=O) groups is 1. The average Bonchev–Trinajstić information content (AvgIpc) is 2.43. The fraction of sp³-hybridized carbons (Fsp3) is 0.889. The van der Waals surface area contributed by atoms with Crippen molar-refractivity contribution in [1.29, 1.82) is 0 Å². The molecule has 162 valence electrons. The van der Waals surface area contributed by atoms with Gasteiger partial charge < -0.3 is 19.7 Å². The van der Waals surface area contributed by atoms with Gasteiger partial charge in [0.15, 0.2) is 0 Å². The molecule has 10 heteroatoms. The molecule has 0 aliphatic rings. The molecule has 0 saturated heterocycles. The van der Waals surface area contributed by atoms with Gasteiger partial charge in [0, 0.05) is 18.5 Å². The third-order valence-electron chi connectivity index (χ3n) is 4.00. The molecule has 0 aromatic rings. The van der Waals surface area contributed by atoms with Crippen molar-refractivity contribution in [3.63, 3.8) is 0 Å². The van der Waals surface area contributed by atoms with Crippen molar-refractivity contribution in [1.82, 2.24) is 4.31 Å². The molecule has 0 aliphatic carbocycles. The largest absolute Gasteiger partial charge is 1.00 e. The Labute approximate surface area is 212 Å². The van der Waals surface area contributed by atoms with Gasteiger partial charge in [-0.2, -0.15) is 4.31 Å². The molecule has 0 amide bonds. The first-order valence-corrected chi connectivity index (χ1v) is 10.6. The third-order valence-corrected chi connectivity index (χ3v) is 5.49. The van der Waals surface area contributed by atoms with Gasteiger partial charge in [0.2, 0.25) is 10.0 Å². The summed E-state index contributed by atoms with van der Waals surface area (Å²) in [6, 6.07) is 0. The van der Waals surface area contributed by atoms with Crippen LogP contribution in [0, 0.1) is 5.41 Å². The summed E-state index contributed by atoms with van der Waals surface area (Å²) in [7, 11) is -3.48. The summed E-state index contributed by atoms with van der Waals surface area (Å²) in [6.45, 7) is 13.3. The minimum Gasteiger partial charge on any atom is -0.870 e. The fourth-order valence-electron chi connectivity index (χ4n) is 2.13. The molecule has 0 heterocycles. The molecule has 0 saturated carbocycles. The number of rotatable bonds is 10. The van der Waals surface area contributed by atoms with Crippen LogP contribution < -0.4 is 51.4 Å². The summed E-state index contributed by atoms with van der Waals surface area (Å²) in [5, 5.41) is 0. The number of ether oxygens (including phenoxy) is 2. The summed E-state index contributed by atoms with van der Waals surface area (Å²) in [5.41, 5.74) is -0.803. The zero-order valence-corrected chi connectivity index (χ0v) is 22.7. The Morgan fingerprint density at radius 2 is 1.64 bits per heavy atom. The zero-order valence-electron chi connectivity index (χ0n) is 18.7. The summed E-state index contributed by atoms with van der Waals surface area (Å²) in [6.07, 6.45) is 1.90. The standard InChI is InChI=1S/C18H34NO6S.K.H2O/c1-14(17(2,3)4)25-15(13-24-16(21)10-9-11-20)12-19(18(5,6)7)26(8,22)23;;/h14-15H,9-10,12-13H2,1-8H3;;1H2/q-1;+1;/p-1/t14-,15-;;/m0../s1. The van der Waals surface area contributed by atoms with Crippen molar-refractivity contribution >= 4 is 22.3 Å². The van der Waals surface area contributed by atoms with Crippen LogP contribution in [0.15, 0.2) is 0 Å². The molecule has 28 heavy (non-hydrogen) atoms. The van der Waals surface area contributed by atoms with E-state index in [1.807, 2.05) is 27.7 Å². The van der Waals surface area contributed by atoms with Crippen molar-refractivity contribution in [2.45, 2.75) is 79.1 Å². The quantitative estimate of drug-likeness (QED) is 0.242. The number of sulfonamides is 1. The Hall–Kier alpha value is 0.606. The maximum absolute atomic E-state index is 12.2. The van der Waals surface area contributed by atoms with Gasteiger partial charge in [-0.1, -0.05) is 20.8 Å². The van der Waals surface area contributed by atoms with E-state index in [0.717, 1.165) is 6.26 Å². The van der Waals surface area contributed by atoms with Gasteiger partial charge in [-0.25, -0.2) is 8.42 Å². The van der Waals surface area contributed by atoms with Crippen LogP contribution in [-0.2, 0) is 29.1 Å². The molecule has 0 aromatic heterocycles. The van der Waals surface area contributed by atoms with Crippen LogP contribution in [0.5, 0.6) is 0 Å². The first kappa shape index (κ1) is 33.2. The second-order valence-electron chi connectivity index (χ2n) is 8.56. The second kappa shape index (κ2) is 13.8. The van der Waals surface area contributed by atoms with Crippen molar-refractivity contribution in [3.8, 4) is 0 Å². The van der Waals surface area contributed by atoms with Gasteiger partial charge in [-0.05, 0) is 33.1 Å². The molecule has 2 atom stereocenters. The van der Waals surface area contributed by atoms with Gasteiger partial charge in [0.05, 0.1) is 12.4 Å². The van der Waals surface area contributed by atoms with E-state index in [4.69, 9.17) is 9.47 Å². The van der Waals surface area contributed by atoms with E-state index >= 15 is 0 Å². The molecule has 0 aromatic carbocycles. The monoisotopic (exact) mass is 448 g/mol. The molecule has 0 fully saturated rings. The van der Waals surface area contributed by atoms with E-state index in [1.54, 1.807) is 27.1 Å². The number of esters is 1. The summed E-state index contributed by atoms with van der Waals surface area (Å²) >= 11 is 0. The molecular weight excluding hydrogens is 413 g/mol. The number of carbonyl (C=O) groups excluding carboxylic acids is 2. The molecule has 0 rings (SSSR count). The summed E-state index contributed by atoms with van der Waals surface area (Å²) in [4.78, 5) is 21.9. The van der Waals surface area contributed by atoms with Crippen LogP contribution in [0.4, 0.5) is 0 Å². The van der Waals surface area contributed by atoms with Gasteiger partial charge in [0.25, 0.3) is 0 Å². The number of hydrogen-bond acceptors (Lipinski definition) is 7. The minimum atomic E-state index is -3.48. The van der Waals surface area contributed by atoms with Crippen molar-refractivity contribution in [2.24, 2.45) is 5.41 Å². The predicted octanol–water partition coefficient (Wildman–Crippen LogP) is -0.873. The van der Waals surface area contributed by atoms with Crippen molar-refractivity contribution < 1.29 is 84.3 Å². The Morgan fingerprint density at radius 3 is 2.00 bits per heavy atom. The Bertz CT molecular complexity index is 567. The van der Waals surface area contributed by atoms with E-state index in [0.29, 0.717) is 0 Å².